The molecule has 0 aliphatic heterocycles. The lowest BCUT2D eigenvalue weighted by Gasteiger charge is -1.98. The molecule has 0 heterocycles. The summed E-state index contributed by atoms with van der Waals surface area (Å²) in [6, 6.07) is 9.53. The lowest BCUT2D eigenvalue weighted by molar-refractivity contribution is -0.150. The van der Waals surface area contributed by atoms with Gasteiger partial charge in [0, 0.05) is 0 Å². The Kier molecular flexibility index (Phi) is 8.09. The van der Waals surface area contributed by atoms with Gasteiger partial charge in [0.2, 0.25) is 0 Å². The third-order valence-corrected chi connectivity index (χ3v) is 1.75. The minimum absolute atomic E-state index is 0. The van der Waals surface area contributed by atoms with Gasteiger partial charge in [-0.25, -0.2) is 0 Å². The van der Waals surface area contributed by atoms with E-state index in [1.165, 1.54) is 0 Å². The van der Waals surface area contributed by atoms with Crippen molar-refractivity contribution < 1.29 is 19.4 Å². The number of aliphatic carboxylic acids is 1. The Hall–Kier alpha value is -1.33. The van der Waals surface area contributed by atoms with Crippen LogP contribution in [0, 0.1) is 0 Å². The Morgan fingerprint density at radius 3 is 2.47 bits per heavy atom. The van der Waals surface area contributed by atoms with E-state index in [9.17, 15) is 9.59 Å². The van der Waals surface area contributed by atoms with Gasteiger partial charge in [0.1, 0.15) is 13.0 Å². The molecular weight excluding hydrogens is 232 g/mol. The molecule has 0 atom stereocenters. The zero-order valence-electron chi connectivity index (χ0n) is 8.63. The maximum Gasteiger partial charge on any atom is 0.317 e. The smallest absolute Gasteiger partial charge is 0.317 e. The molecule has 5 heteroatoms. The van der Waals surface area contributed by atoms with Crippen molar-refractivity contribution >= 4 is 41.1 Å². The first-order chi connectivity index (χ1) is 7.68. The Morgan fingerprint density at radius 1 is 1.24 bits per heavy atom. The van der Waals surface area contributed by atoms with Crippen LogP contribution in [0.25, 0.3) is 6.08 Å². The number of carboxylic acids is 1. The van der Waals surface area contributed by atoms with Crippen molar-refractivity contribution in [1.82, 2.24) is 0 Å². The first kappa shape index (κ1) is 15.7. The van der Waals surface area contributed by atoms with E-state index in [0.29, 0.717) is 0 Å². The van der Waals surface area contributed by atoms with Gasteiger partial charge in [-0.2, -0.15) is 0 Å². The largest absolute Gasteiger partial charge is 0.481 e. The van der Waals surface area contributed by atoms with Gasteiger partial charge in [-0.15, -0.1) is 0 Å². The molecule has 0 saturated carbocycles. The van der Waals surface area contributed by atoms with Crippen LogP contribution in [0.15, 0.2) is 36.4 Å². The lowest BCUT2D eigenvalue weighted by atomic mass is 10.2. The Balaban J connectivity index is 0.00000256. The standard InChI is InChI=1S/C12H12O4.Mg.2H/c13-11(14)9-12(15)16-8-4-7-10-5-2-1-3-6-10;;;/h1-7H,8-9H2,(H,13,14);;;. The molecule has 0 amide bonds. The lowest BCUT2D eigenvalue weighted by Crippen LogP contribution is -2.10. The van der Waals surface area contributed by atoms with Crippen LogP contribution < -0.4 is 0 Å². The summed E-state index contributed by atoms with van der Waals surface area (Å²) in [7, 11) is 0. The zero-order valence-corrected chi connectivity index (χ0v) is 8.63. The van der Waals surface area contributed by atoms with E-state index < -0.39 is 18.4 Å². The maximum absolute atomic E-state index is 10.8. The van der Waals surface area contributed by atoms with Crippen LogP contribution in [0.3, 0.4) is 0 Å². The SMILES string of the molecule is O=C(O)CC(=O)OCC=Cc1ccccc1.[MgH2]. The van der Waals surface area contributed by atoms with Crippen molar-refractivity contribution in [3.8, 4) is 0 Å². The fourth-order valence-corrected chi connectivity index (χ4v) is 1.06. The summed E-state index contributed by atoms with van der Waals surface area (Å²) in [6.45, 7) is 0.0843. The fraction of sp³-hybridized carbons (Fsp3) is 0.167. The maximum atomic E-state index is 10.8. The molecule has 0 aliphatic rings. The zero-order chi connectivity index (χ0) is 11.8. The van der Waals surface area contributed by atoms with Crippen LogP contribution in [0.2, 0.25) is 0 Å². The third kappa shape index (κ3) is 7.54. The average Bonchev–Trinajstić information content (AvgIpc) is 2.25. The summed E-state index contributed by atoms with van der Waals surface area (Å²) in [5.74, 6) is -1.91. The number of ether oxygens (including phenoxy) is 1. The summed E-state index contributed by atoms with van der Waals surface area (Å²) in [4.78, 5) is 21.0. The van der Waals surface area contributed by atoms with E-state index in [1.54, 1.807) is 12.2 Å². The predicted octanol–water partition coefficient (Wildman–Crippen LogP) is 0.801. The minimum Gasteiger partial charge on any atom is -0.481 e. The van der Waals surface area contributed by atoms with E-state index in [-0.39, 0.29) is 29.7 Å². The monoisotopic (exact) mass is 246 g/mol. The number of carboxylic acid groups (broad SMARTS) is 1. The third-order valence-electron chi connectivity index (χ3n) is 1.75. The number of carbonyl (C=O) groups is 2. The molecule has 1 aromatic carbocycles. The van der Waals surface area contributed by atoms with Crippen molar-refractivity contribution in [1.29, 1.82) is 0 Å². The van der Waals surface area contributed by atoms with Crippen LogP contribution in [0.1, 0.15) is 12.0 Å². The number of benzene rings is 1. The summed E-state index contributed by atoms with van der Waals surface area (Å²) in [5.41, 5.74) is 0.997. The van der Waals surface area contributed by atoms with E-state index in [0.717, 1.165) is 5.56 Å². The van der Waals surface area contributed by atoms with Gasteiger partial charge in [-0.3, -0.25) is 9.59 Å². The van der Waals surface area contributed by atoms with Crippen molar-refractivity contribution in [2.75, 3.05) is 6.61 Å². The average molecular weight is 247 g/mol. The number of hydrogen-bond acceptors (Lipinski definition) is 3. The topological polar surface area (TPSA) is 63.6 Å². The van der Waals surface area contributed by atoms with Gasteiger partial charge in [0.05, 0.1) is 0 Å². The predicted molar refractivity (Wildman–Crippen MR) is 67.2 cm³/mol. The van der Waals surface area contributed by atoms with Crippen LogP contribution in [0.4, 0.5) is 0 Å². The molecule has 0 bridgehead atoms. The molecule has 1 N–H and O–H groups in total. The van der Waals surface area contributed by atoms with Crippen LogP contribution >= 0.6 is 0 Å². The van der Waals surface area contributed by atoms with Crippen molar-refractivity contribution in [2.24, 2.45) is 0 Å². The van der Waals surface area contributed by atoms with Gasteiger partial charge in [-0.1, -0.05) is 36.4 Å². The molecular formula is C12H14MgO4. The van der Waals surface area contributed by atoms with Gasteiger partial charge >= 0.3 is 35.0 Å². The van der Waals surface area contributed by atoms with Crippen LogP contribution in [-0.4, -0.2) is 46.7 Å². The van der Waals surface area contributed by atoms with Crippen molar-refractivity contribution in [2.45, 2.75) is 6.42 Å². The van der Waals surface area contributed by atoms with Crippen molar-refractivity contribution in [3.63, 3.8) is 0 Å². The van der Waals surface area contributed by atoms with Crippen LogP contribution in [0.5, 0.6) is 0 Å². The molecule has 4 nitrogen and oxygen atoms in total. The molecule has 0 saturated heterocycles. The van der Waals surface area contributed by atoms with Gasteiger partial charge < -0.3 is 9.84 Å². The molecule has 1 aromatic rings. The molecule has 1 rings (SSSR count). The van der Waals surface area contributed by atoms with E-state index >= 15 is 0 Å². The second-order valence-corrected chi connectivity index (χ2v) is 3.07. The minimum atomic E-state index is -1.18. The van der Waals surface area contributed by atoms with Gasteiger partial charge in [0.15, 0.2) is 0 Å². The quantitative estimate of drug-likeness (QED) is 0.474. The molecule has 0 unspecified atom stereocenters. The highest BCUT2D eigenvalue weighted by molar-refractivity contribution is 5.90. The molecule has 0 radical (unpaired) electrons. The Morgan fingerprint density at radius 2 is 1.88 bits per heavy atom. The number of esters is 1. The van der Waals surface area contributed by atoms with E-state index in [1.807, 2.05) is 30.3 Å². The van der Waals surface area contributed by atoms with Gasteiger partial charge in [0.25, 0.3) is 0 Å². The Bertz CT molecular complexity index is 387. The molecule has 0 aromatic heterocycles. The highest BCUT2D eigenvalue weighted by Gasteiger charge is 2.06. The summed E-state index contributed by atoms with van der Waals surface area (Å²) in [6.07, 6.45) is 2.86. The van der Waals surface area contributed by atoms with Crippen molar-refractivity contribution in [3.05, 3.63) is 42.0 Å². The molecule has 0 fully saturated rings. The van der Waals surface area contributed by atoms with E-state index in [2.05, 4.69) is 4.74 Å². The summed E-state index contributed by atoms with van der Waals surface area (Å²) < 4.78 is 4.67. The first-order valence-corrected chi connectivity index (χ1v) is 4.77. The summed E-state index contributed by atoms with van der Waals surface area (Å²) in [5, 5.41) is 8.30. The van der Waals surface area contributed by atoms with Crippen LogP contribution in [-0.2, 0) is 14.3 Å². The normalized spacial score (nSPS) is 9.65. The second kappa shape index (κ2) is 8.78. The molecule has 0 aliphatic carbocycles. The molecule has 88 valence electrons. The number of rotatable bonds is 5. The molecule has 0 spiro atoms. The van der Waals surface area contributed by atoms with Gasteiger partial charge in [-0.05, 0) is 11.6 Å². The molecule has 17 heavy (non-hydrogen) atoms. The first-order valence-electron chi connectivity index (χ1n) is 4.77. The number of carbonyl (C=O) groups excluding carboxylic acids is 1. The highest BCUT2D eigenvalue weighted by Crippen LogP contribution is 2.00. The number of hydrogen-bond donors (Lipinski definition) is 1. The summed E-state index contributed by atoms with van der Waals surface area (Å²) >= 11 is 0. The Labute approximate surface area is 115 Å². The second-order valence-electron chi connectivity index (χ2n) is 3.07. The highest BCUT2D eigenvalue weighted by atomic mass is 24.3. The van der Waals surface area contributed by atoms with E-state index in [4.69, 9.17) is 5.11 Å². The fourth-order valence-electron chi connectivity index (χ4n) is 1.06.